The predicted octanol–water partition coefficient (Wildman–Crippen LogP) is 4.07. The highest BCUT2D eigenvalue weighted by molar-refractivity contribution is 5.87. The van der Waals surface area contributed by atoms with Gasteiger partial charge in [-0.1, -0.05) is 37.3 Å². The van der Waals surface area contributed by atoms with Crippen LogP contribution in [0, 0.1) is 5.82 Å². The lowest BCUT2D eigenvalue weighted by atomic mass is 9.95. The Morgan fingerprint density at radius 2 is 1.88 bits per heavy atom. The maximum atomic E-state index is 15.1. The van der Waals surface area contributed by atoms with Crippen LogP contribution in [0.15, 0.2) is 62.7 Å². The monoisotopic (exact) mass is 449 g/mol. The average Bonchev–Trinajstić information content (AvgIpc) is 3.48. The molecule has 7 nitrogen and oxygen atoms in total. The summed E-state index contributed by atoms with van der Waals surface area (Å²) in [7, 11) is 0. The molecule has 0 saturated heterocycles. The molecule has 0 radical (unpaired) electrons. The number of hydrogen-bond acceptors (Lipinski definition) is 5. The summed E-state index contributed by atoms with van der Waals surface area (Å²) in [6.07, 6.45) is 3.36. The molecular weight excluding hydrogens is 425 g/mol. The lowest BCUT2D eigenvalue weighted by Gasteiger charge is -2.12. The van der Waals surface area contributed by atoms with Crippen LogP contribution in [-0.4, -0.2) is 14.3 Å². The zero-order chi connectivity index (χ0) is 23.2. The molecular formula is C25H24FN3O4. The first-order valence-electron chi connectivity index (χ1n) is 11.0. The third kappa shape index (κ3) is 3.80. The summed E-state index contributed by atoms with van der Waals surface area (Å²) in [5.74, 6) is -0.313. The summed E-state index contributed by atoms with van der Waals surface area (Å²) in [6.45, 7) is 4.73. The van der Waals surface area contributed by atoms with Crippen molar-refractivity contribution in [1.82, 2.24) is 14.3 Å². The van der Waals surface area contributed by atoms with Crippen molar-refractivity contribution in [2.75, 3.05) is 0 Å². The van der Waals surface area contributed by atoms with Gasteiger partial charge in [0, 0.05) is 12.1 Å². The Balaban J connectivity index is 1.55. The summed E-state index contributed by atoms with van der Waals surface area (Å²) < 4.78 is 28.5. The van der Waals surface area contributed by atoms with Gasteiger partial charge in [-0.15, -0.1) is 5.10 Å². The van der Waals surface area contributed by atoms with E-state index in [0.29, 0.717) is 24.4 Å². The summed E-state index contributed by atoms with van der Waals surface area (Å²) in [5, 5.41) is 5.13. The third-order valence-corrected chi connectivity index (χ3v) is 6.36. The molecule has 2 aromatic carbocycles. The highest BCUT2D eigenvalue weighted by Gasteiger charge is 2.41. The smallest absolute Gasteiger partial charge is 0.350 e. The van der Waals surface area contributed by atoms with Gasteiger partial charge < -0.3 is 9.15 Å². The number of hydrogen-bond donors (Lipinski definition) is 0. The van der Waals surface area contributed by atoms with E-state index in [2.05, 4.69) is 12.0 Å². The molecule has 0 bridgehead atoms. The van der Waals surface area contributed by atoms with E-state index in [4.69, 9.17) is 9.15 Å². The van der Waals surface area contributed by atoms with Gasteiger partial charge in [-0.25, -0.2) is 14.0 Å². The van der Waals surface area contributed by atoms with Gasteiger partial charge in [0.25, 0.3) is 0 Å². The molecule has 33 heavy (non-hydrogen) atoms. The van der Waals surface area contributed by atoms with E-state index in [1.807, 2.05) is 37.3 Å². The normalized spacial score (nSPS) is 14.6. The van der Waals surface area contributed by atoms with Crippen molar-refractivity contribution < 1.29 is 13.5 Å². The first kappa shape index (κ1) is 21.3. The van der Waals surface area contributed by atoms with E-state index in [1.165, 1.54) is 16.9 Å². The topological polar surface area (TPSA) is 79.3 Å². The second kappa shape index (κ2) is 8.12. The summed E-state index contributed by atoms with van der Waals surface area (Å²) in [5.41, 5.74) is 0.658. The van der Waals surface area contributed by atoms with Gasteiger partial charge in [-0.2, -0.15) is 4.68 Å². The fraction of sp³-hybridized carbons (Fsp3) is 0.320. The summed E-state index contributed by atoms with van der Waals surface area (Å²) in [6, 6.07) is 12.3. The molecule has 0 aliphatic heterocycles. The average molecular weight is 449 g/mol. The molecule has 2 aromatic heterocycles. The minimum Gasteiger partial charge on any atom is -0.431 e. The fourth-order valence-corrected chi connectivity index (χ4v) is 4.13. The number of fused-ring (bicyclic) bond motifs is 1. The van der Waals surface area contributed by atoms with Crippen LogP contribution in [-0.2, 0) is 29.9 Å². The van der Waals surface area contributed by atoms with Gasteiger partial charge in [0.1, 0.15) is 18.1 Å². The molecule has 1 fully saturated rings. The highest BCUT2D eigenvalue weighted by Crippen LogP contribution is 2.49. The molecule has 2 heterocycles. The Bertz CT molecular complexity index is 1450. The zero-order valence-corrected chi connectivity index (χ0v) is 18.5. The van der Waals surface area contributed by atoms with Crippen molar-refractivity contribution >= 4 is 10.8 Å². The SMILES string of the molecule is CCn1c(COCc2ccccc2)nn(-c2cc3c(C4(C)CC4)coc(=O)c3cc2F)c1=O. The van der Waals surface area contributed by atoms with Gasteiger partial charge in [-0.05, 0) is 48.3 Å². The Labute approximate surface area is 189 Å². The van der Waals surface area contributed by atoms with Crippen molar-refractivity contribution in [2.24, 2.45) is 0 Å². The van der Waals surface area contributed by atoms with E-state index in [9.17, 15) is 9.59 Å². The molecule has 4 aromatic rings. The molecule has 1 aliphatic rings. The maximum absolute atomic E-state index is 15.1. The minimum absolute atomic E-state index is 0.000101. The molecule has 0 atom stereocenters. The number of nitrogens with zero attached hydrogens (tertiary/aromatic N) is 3. The number of aromatic nitrogens is 3. The summed E-state index contributed by atoms with van der Waals surface area (Å²) in [4.78, 5) is 25.3. The van der Waals surface area contributed by atoms with Crippen molar-refractivity contribution in [1.29, 1.82) is 0 Å². The molecule has 1 aliphatic carbocycles. The van der Waals surface area contributed by atoms with Crippen LogP contribution in [0.2, 0.25) is 0 Å². The van der Waals surface area contributed by atoms with E-state index >= 15 is 4.39 Å². The van der Waals surface area contributed by atoms with Crippen LogP contribution in [0.3, 0.4) is 0 Å². The minimum atomic E-state index is -0.715. The zero-order valence-electron chi connectivity index (χ0n) is 18.5. The summed E-state index contributed by atoms with van der Waals surface area (Å²) >= 11 is 0. The largest absolute Gasteiger partial charge is 0.431 e. The van der Waals surface area contributed by atoms with Gasteiger partial charge >= 0.3 is 11.3 Å². The first-order chi connectivity index (χ1) is 15.9. The van der Waals surface area contributed by atoms with E-state index < -0.39 is 17.1 Å². The fourth-order valence-electron chi connectivity index (χ4n) is 4.13. The quantitative estimate of drug-likeness (QED) is 0.425. The molecule has 0 amide bonds. The Kier molecular flexibility index (Phi) is 5.25. The van der Waals surface area contributed by atoms with Crippen molar-refractivity contribution in [2.45, 2.75) is 51.9 Å². The molecule has 1 saturated carbocycles. The van der Waals surface area contributed by atoms with E-state index in [1.54, 1.807) is 0 Å². The second-order valence-corrected chi connectivity index (χ2v) is 8.68. The van der Waals surface area contributed by atoms with Gasteiger partial charge in [0.05, 0.1) is 18.3 Å². The maximum Gasteiger partial charge on any atom is 0.350 e. The van der Waals surface area contributed by atoms with Gasteiger partial charge in [0.15, 0.2) is 5.82 Å². The Morgan fingerprint density at radius 3 is 2.58 bits per heavy atom. The number of ether oxygens (including phenoxy) is 1. The van der Waals surface area contributed by atoms with Crippen LogP contribution >= 0.6 is 0 Å². The molecule has 0 unspecified atom stereocenters. The van der Waals surface area contributed by atoms with Gasteiger partial charge in [0.2, 0.25) is 0 Å². The molecule has 5 rings (SSSR count). The van der Waals surface area contributed by atoms with Crippen LogP contribution in [0.25, 0.3) is 16.5 Å². The van der Waals surface area contributed by atoms with E-state index in [-0.39, 0.29) is 23.1 Å². The first-order valence-corrected chi connectivity index (χ1v) is 11.0. The van der Waals surface area contributed by atoms with Crippen LogP contribution in [0.5, 0.6) is 0 Å². The second-order valence-electron chi connectivity index (χ2n) is 8.68. The predicted molar refractivity (Wildman–Crippen MR) is 121 cm³/mol. The van der Waals surface area contributed by atoms with Gasteiger partial charge in [-0.3, -0.25) is 4.57 Å². The van der Waals surface area contributed by atoms with Crippen molar-refractivity contribution in [3.05, 3.63) is 92.4 Å². The Morgan fingerprint density at radius 1 is 1.12 bits per heavy atom. The molecule has 170 valence electrons. The molecule has 8 heteroatoms. The number of benzene rings is 2. The van der Waals surface area contributed by atoms with Crippen LogP contribution < -0.4 is 11.3 Å². The van der Waals surface area contributed by atoms with Crippen LogP contribution in [0.4, 0.5) is 4.39 Å². The molecule has 0 N–H and O–H groups in total. The van der Waals surface area contributed by atoms with Crippen LogP contribution in [0.1, 0.15) is 43.6 Å². The van der Waals surface area contributed by atoms with Crippen molar-refractivity contribution in [3.63, 3.8) is 0 Å². The standard InChI is InChI=1S/C25H24FN3O4/c1-3-28-22(15-32-13-16-7-5-4-6-8-16)27-29(24(28)31)21-12-17-18(11-20(21)26)23(30)33-14-19(17)25(2)9-10-25/h4-8,11-12,14H,3,9-10,13,15H2,1-2H3. The third-order valence-electron chi connectivity index (χ3n) is 6.36. The van der Waals surface area contributed by atoms with Crippen molar-refractivity contribution in [3.8, 4) is 5.69 Å². The lowest BCUT2D eigenvalue weighted by molar-refractivity contribution is 0.0989. The Hall–Kier alpha value is -3.52. The van der Waals surface area contributed by atoms with E-state index in [0.717, 1.165) is 34.7 Å². The lowest BCUT2D eigenvalue weighted by Crippen LogP contribution is -2.24. The molecule has 0 spiro atoms. The number of halogens is 1. The number of rotatable bonds is 7. The highest BCUT2D eigenvalue weighted by atomic mass is 19.1.